The van der Waals surface area contributed by atoms with E-state index >= 15 is 0 Å². The standard InChI is InChI=1S/C12H6BrClFN3/c13-10-11(7-1-3-8(15)4-2-7)17-18-6-5-9(14)16-12(10)18/h1-6H. The lowest BCUT2D eigenvalue weighted by atomic mass is 10.1. The topological polar surface area (TPSA) is 30.2 Å². The number of aromatic nitrogens is 3. The van der Waals surface area contributed by atoms with Gasteiger partial charge in [0.1, 0.15) is 16.7 Å². The molecular weight excluding hydrogens is 321 g/mol. The highest BCUT2D eigenvalue weighted by Crippen LogP contribution is 2.30. The molecule has 0 atom stereocenters. The molecule has 0 spiro atoms. The Morgan fingerprint density at radius 2 is 1.89 bits per heavy atom. The number of nitrogens with zero attached hydrogens (tertiary/aromatic N) is 3. The van der Waals surface area contributed by atoms with Crippen molar-refractivity contribution in [2.24, 2.45) is 0 Å². The molecule has 0 radical (unpaired) electrons. The van der Waals surface area contributed by atoms with Crippen LogP contribution in [0.2, 0.25) is 5.15 Å². The number of benzene rings is 1. The summed E-state index contributed by atoms with van der Waals surface area (Å²) in [4.78, 5) is 4.18. The second kappa shape index (κ2) is 4.33. The predicted octanol–water partition coefficient (Wildman–Crippen LogP) is 3.95. The average molecular weight is 327 g/mol. The number of rotatable bonds is 1. The zero-order valence-electron chi connectivity index (χ0n) is 8.94. The smallest absolute Gasteiger partial charge is 0.171 e. The van der Waals surface area contributed by atoms with E-state index in [1.807, 2.05) is 0 Å². The fourth-order valence-electron chi connectivity index (χ4n) is 1.67. The molecule has 2 heterocycles. The molecule has 90 valence electrons. The Labute approximate surface area is 115 Å². The minimum absolute atomic E-state index is 0.278. The molecule has 0 unspecified atom stereocenters. The Balaban J connectivity index is 2.23. The van der Waals surface area contributed by atoms with E-state index in [1.165, 1.54) is 12.1 Å². The normalized spacial score (nSPS) is 11.1. The van der Waals surface area contributed by atoms with E-state index in [4.69, 9.17) is 11.6 Å². The molecule has 0 aliphatic heterocycles. The lowest BCUT2D eigenvalue weighted by Crippen LogP contribution is -1.88. The third-order valence-electron chi connectivity index (χ3n) is 2.51. The van der Waals surface area contributed by atoms with Crippen LogP contribution in [0.5, 0.6) is 0 Å². The van der Waals surface area contributed by atoms with Crippen LogP contribution in [0.1, 0.15) is 0 Å². The molecule has 1 aromatic carbocycles. The van der Waals surface area contributed by atoms with Crippen molar-refractivity contribution < 1.29 is 4.39 Å². The summed E-state index contributed by atoms with van der Waals surface area (Å²) in [5, 5.41) is 4.78. The van der Waals surface area contributed by atoms with E-state index in [0.29, 0.717) is 16.5 Å². The van der Waals surface area contributed by atoms with Crippen molar-refractivity contribution in [1.29, 1.82) is 0 Å². The summed E-state index contributed by atoms with van der Waals surface area (Å²) in [5.74, 6) is -0.278. The molecule has 0 saturated heterocycles. The predicted molar refractivity (Wildman–Crippen MR) is 71.1 cm³/mol. The molecular formula is C12H6BrClFN3. The van der Waals surface area contributed by atoms with Crippen LogP contribution in [-0.2, 0) is 0 Å². The number of hydrogen-bond donors (Lipinski definition) is 0. The molecule has 0 saturated carbocycles. The lowest BCUT2D eigenvalue weighted by Gasteiger charge is -1.96. The van der Waals surface area contributed by atoms with Gasteiger partial charge in [0, 0.05) is 11.8 Å². The van der Waals surface area contributed by atoms with Crippen LogP contribution in [-0.4, -0.2) is 14.6 Å². The van der Waals surface area contributed by atoms with E-state index in [2.05, 4.69) is 26.0 Å². The van der Waals surface area contributed by atoms with E-state index in [0.717, 1.165) is 10.0 Å². The van der Waals surface area contributed by atoms with Gasteiger partial charge < -0.3 is 0 Å². The van der Waals surface area contributed by atoms with Crippen molar-refractivity contribution in [3.63, 3.8) is 0 Å². The molecule has 6 heteroatoms. The van der Waals surface area contributed by atoms with Crippen molar-refractivity contribution in [3.05, 3.63) is 52.0 Å². The second-order valence-electron chi connectivity index (χ2n) is 3.69. The maximum atomic E-state index is 12.9. The molecule has 3 rings (SSSR count). The minimum atomic E-state index is -0.278. The Bertz CT molecular complexity index is 724. The van der Waals surface area contributed by atoms with Gasteiger partial charge in [0.2, 0.25) is 0 Å². The number of halogens is 3. The Hall–Kier alpha value is -1.46. The first-order valence-electron chi connectivity index (χ1n) is 5.11. The van der Waals surface area contributed by atoms with Crippen LogP contribution in [0, 0.1) is 5.82 Å². The summed E-state index contributed by atoms with van der Waals surface area (Å²) in [7, 11) is 0. The van der Waals surface area contributed by atoms with Crippen molar-refractivity contribution in [2.75, 3.05) is 0 Å². The summed E-state index contributed by atoms with van der Waals surface area (Å²) in [6.07, 6.45) is 1.72. The SMILES string of the molecule is Fc1ccc(-c2nn3ccc(Cl)nc3c2Br)cc1. The Kier molecular flexibility index (Phi) is 2.80. The maximum Gasteiger partial charge on any atom is 0.171 e. The molecule has 0 amide bonds. The highest BCUT2D eigenvalue weighted by Gasteiger charge is 2.13. The van der Waals surface area contributed by atoms with Crippen LogP contribution in [0.3, 0.4) is 0 Å². The average Bonchev–Trinajstić information content (AvgIpc) is 2.68. The minimum Gasteiger partial charge on any atom is -0.221 e. The van der Waals surface area contributed by atoms with Gasteiger partial charge in [-0.1, -0.05) is 11.6 Å². The largest absolute Gasteiger partial charge is 0.221 e. The van der Waals surface area contributed by atoms with Crippen molar-refractivity contribution in [2.45, 2.75) is 0 Å². The van der Waals surface area contributed by atoms with Crippen LogP contribution in [0.25, 0.3) is 16.9 Å². The summed E-state index contributed by atoms with van der Waals surface area (Å²) >= 11 is 9.29. The zero-order chi connectivity index (χ0) is 12.7. The van der Waals surface area contributed by atoms with Crippen molar-refractivity contribution in [1.82, 2.24) is 14.6 Å². The summed E-state index contributed by atoms with van der Waals surface area (Å²) in [5.41, 5.74) is 2.14. The highest BCUT2D eigenvalue weighted by molar-refractivity contribution is 9.10. The fourth-order valence-corrected chi connectivity index (χ4v) is 2.39. The second-order valence-corrected chi connectivity index (χ2v) is 4.87. The molecule has 0 fully saturated rings. The molecule has 18 heavy (non-hydrogen) atoms. The van der Waals surface area contributed by atoms with Gasteiger partial charge >= 0.3 is 0 Å². The Morgan fingerprint density at radius 3 is 2.61 bits per heavy atom. The third-order valence-corrected chi connectivity index (χ3v) is 3.45. The van der Waals surface area contributed by atoms with Gasteiger partial charge in [0.25, 0.3) is 0 Å². The first-order chi connectivity index (χ1) is 8.65. The van der Waals surface area contributed by atoms with Gasteiger partial charge in [-0.05, 0) is 46.3 Å². The van der Waals surface area contributed by atoms with Gasteiger partial charge in [-0.25, -0.2) is 13.9 Å². The Morgan fingerprint density at radius 1 is 1.17 bits per heavy atom. The van der Waals surface area contributed by atoms with Crippen LogP contribution in [0.4, 0.5) is 4.39 Å². The van der Waals surface area contributed by atoms with Crippen LogP contribution in [0.15, 0.2) is 41.0 Å². The number of hydrogen-bond acceptors (Lipinski definition) is 2. The summed E-state index contributed by atoms with van der Waals surface area (Å²) in [6, 6.07) is 7.79. The summed E-state index contributed by atoms with van der Waals surface area (Å²) < 4.78 is 15.2. The number of fused-ring (bicyclic) bond motifs is 1. The summed E-state index contributed by atoms with van der Waals surface area (Å²) in [6.45, 7) is 0. The van der Waals surface area contributed by atoms with E-state index < -0.39 is 0 Å². The van der Waals surface area contributed by atoms with E-state index in [9.17, 15) is 4.39 Å². The molecule has 3 aromatic rings. The van der Waals surface area contributed by atoms with Gasteiger partial charge in [0.15, 0.2) is 5.65 Å². The lowest BCUT2D eigenvalue weighted by molar-refractivity contribution is 0.628. The molecule has 0 bridgehead atoms. The van der Waals surface area contributed by atoms with Crippen LogP contribution < -0.4 is 0 Å². The monoisotopic (exact) mass is 325 g/mol. The molecule has 3 nitrogen and oxygen atoms in total. The van der Waals surface area contributed by atoms with Crippen molar-refractivity contribution >= 4 is 33.2 Å². The zero-order valence-corrected chi connectivity index (χ0v) is 11.3. The van der Waals surface area contributed by atoms with Crippen LogP contribution >= 0.6 is 27.5 Å². The first kappa shape index (κ1) is 11.6. The van der Waals surface area contributed by atoms with Gasteiger partial charge in [-0.15, -0.1) is 0 Å². The fraction of sp³-hybridized carbons (Fsp3) is 0. The first-order valence-corrected chi connectivity index (χ1v) is 6.28. The maximum absolute atomic E-state index is 12.9. The molecule has 2 aromatic heterocycles. The molecule has 0 aliphatic carbocycles. The molecule has 0 aliphatic rings. The van der Waals surface area contributed by atoms with Gasteiger partial charge in [-0.3, -0.25) is 0 Å². The van der Waals surface area contributed by atoms with Gasteiger partial charge in [0.05, 0.1) is 4.47 Å². The quantitative estimate of drug-likeness (QED) is 0.634. The molecule has 0 N–H and O–H groups in total. The highest BCUT2D eigenvalue weighted by atomic mass is 79.9. The third kappa shape index (κ3) is 1.89. The van der Waals surface area contributed by atoms with E-state index in [1.54, 1.807) is 28.9 Å². The van der Waals surface area contributed by atoms with Gasteiger partial charge in [-0.2, -0.15) is 5.10 Å². The van der Waals surface area contributed by atoms with E-state index in [-0.39, 0.29) is 5.82 Å². The van der Waals surface area contributed by atoms with Crippen molar-refractivity contribution in [3.8, 4) is 11.3 Å².